The van der Waals surface area contributed by atoms with Crippen LogP contribution in [0.4, 0.5) is 0 Å². The van der Waals surface area contributed by atoms with E-state index in [-0.39, 0.29) is 5.78 Å². The van der Waals surface area contributed by atoms with Crippen molar-refractivity contribution >= 4 is 17.8 Å². The molecule has 23 heavy (non-hydrogen) atoms. The zero-order valence-electron chi connectivity index (χ0n) is 12.6. The molecule has 0 atom stereocenters. The van der Waals surface area contributed by atoms with Crippen LogP contribution < -0.4 is 9.47 Å². The van der Waals surface area contributed by atoms with Crippen LogP contribution in [0.15, 0.2) is 54.6 Å². The van der Waals surface area contributed by atoms with Gasteiger partial charge in [0, 0.05) is 5.56 Å². The summed E-state index contributed by atoms with van der Waals surface area (Å²) in [5, 5.41) is 8.54. The van der Waals surface area contributed by atoms with Gasteiger partial charge in [-0.15, -0.1) is 0 Å². The van der Waals surface area contributed by atoms with Crippen LogP contribution in [0, 0.1) is 0 Å². The molecule has 0 aromatic heterocycles. The molecule has 0 saturated heterocycles. The number of aliphatic carboxylic acids is 1. The fraction of sp³-hybridized carbons (Fsp3) is 0.111. The van der Waals surface area contributed by atoms with Gasteiger partial charge in [0.25, 0.3) is 0 Å². The minimum atomic E-state index is -1.05. The van der Waals surface area contributed by atoms with E-state index in [0.29, 0.717) is 11.3 Å². The van der Waals surface area contributed by atoms with Gasteiger partial charge in [-0.25, -0.2) is 4.79 Å². The molecule has 1 N–H and O–H groups in total. The third-order valence-electron chi connectivity index (χ3n) is 3.02. The van der Waals surface area contributed by atoms with Gasteiger partial charge in [-0.05, 0) is 48.0 Å². The highest BCUT2D eigenvalue weighted by atomic mass is 16.5. The van der Waals surface area contributed by atoms with Crippen molar-refractivity contribution in [2.45, 2.75) is 0 Å². The number of hydrogen-bond donors (Lipinski definition) is 1. The van der Waals surface area contributed by atoms with Crippen LogP contribution in [0.3, 0.4) is 0 Å². The summed E-state index contributed by atoms with van der Waals surface area (Å²) in [5.41, 5.74) is 1.35. The number of hydrogen-bond acceptors (Lipinski definition) is 4. The topological polar surface area (TPSA) is 72.8 Å². The molecule has 0 radical (unpaired) electrons. The minimum Gasteiger partial charge on any atom is -0.497 e. The Balaban J connectivity index is 2.02. The maximum Gasteiger partial charge on any atom is 0.341 e. The van der Waals surface area contributed by atoms with E-state index in [1.807, 2.05) is 24.3 Å². The van der Waals surface area contributed by atoms with Crippen molar-refractivity contribution < 1.29 is 24.2 Å². The molecule has 0 amide bonds. The van der Waals surface area contributed by atoms with Gasteiger partial charge in [0.05, 0.1) is 7.11 Å². The van der Waals surface area contributed by atoms with Crippen LogP contribution in [0.25, 0.3) is 6.08 Å². The quantitative estimate of drug-likeness (QED) is 0.628. The Kier molecular flexibility index (Phi) is 5.52. The molecule has 0 bridgehead atoms. The molecule has 0 saturated carbocycles. The van der Waals surface area contributed by atoms with Crippen molar-refractivity contribution in [2.75, 3.05) is 13.7 Å². The summed E-state index contributed by atoms with van der Waals surface area (Å²) in [7, 11) is 1.59. The number of carboxylic acids is 1. The number of allylic oxidation sites excluding steroid dienone is 1. The largest absolute Gasteiger partial charge is 0.497 e. The Morgan fingerprint density at radius 1 is 1.09 bits per heavy atom. The van der Waals surface area contributed by atoms with E-state index < -0.39 is 12.6 Å². The highest BCUT2D eigenvalue weighted by molar-refractivity contribution is 6.06. The zero-order valence-corrected chi connectivity index (χ0v) is 12.6. The Morgan fingerprint density at radius 3 is 2.48 bits per heavy atom. The molecule has 118 valence electrons. The van der Waals surface area contributed by atoms with E-state index in [1.165, 1.54) is 6.08 Å². The Hall–Kier alpha value is -3.08. The molecule has 0 aliphatic heterocycles. The number of carbonyl (C=O) groups excluding carboxylic acids is 1. The van der Waals surface area contributed by atoms with E-state index in [2.05, 4.69) is 0 Å². The Labute approximate surface area is 133 Å². The molecule has 0 unspecified atom stereocenters. The Morgan fingerprint density at radius 2 is 1.83 bits per heavy atom. The van der Waals surface area contributed by atoms with E-state index in [4.69, 9.17) is 14.6 Å². The average molecular weight is 312 g/mol. The van der Waals surface area contributed by atoms with Gasteiger partial charge >= 0.3 is 5.97 Å². The van der Waals surface area contributed by atoms with Crippen molar-refractivity contribution in [1.29, 1.82) is 0 Å². The first-order valence-electron chi connectivity index (χ1n) is 6.89. The van der Waals surface area contributed by atoms with Gasteiger partial charge < -0.3 is 14.6 Å². The van der Waals surface area contributed by atoms with Crippen molar-refractivity contribution in [2.24, 2.45) is 0 Å². The molecule has 0 heterocycles. The molecule has 0 aliphatic carbocycles. The second-order valence-electron chi connectivity index (χ2n) is 4.68. The molecule has 5 nitrogen and oxygen atoms in total. The number of rotatable bonds is 7. The van der Waals surface area contributed by atoms with Gasteiger partial charge in [-0.1, -0.05) is 18.2 Å². The lowest BCUT2D eigenvalue weighted by atomic mass is 10.1. The number of ketones is 1. The molecular weight excluding hydrogens is 296 g/mol. The summed E-state index contributed by atoms with van der Waals surface area (Å²) in [6.45, 7) is -0.414. The fourth-order valence-electron chi connectivity index (χ4n) is 1.87. The second kappa shape index (κ2) is 7.79. The first kappa shape index (κ1) is 16.3. The molecule has 2 rings (SSSR count). The molecule has 5 heteroatoms. The number of carbonyl (C=O) groups is 2. The zero-order chi connectivity index (χ0) is 16.7. The molecule has 2 aromatic rings. The molecule has 2 aromatic carbocycles. The van der Waals surface area contributed by atoms with Crippen LogP contribution >= 0.6 is 0 Å². The molecule has 0 spiro atoms. The number of methoxy groups -OCH3 is 1. The first-order valence-corrected chi connectivity index (χ1v) is 6.89. The second-order valence-corrected chi connectivity index (χ2v) is 4.68. The van der Waals surface area contributed by atoms with E-state index in [9.17, 15) is 9.59 Å². The summed E-state index contributed by atoms with van der Waals surface area (Å²) in [6.07, 6.45) is 3.18. The lowest BCUT2D eigenvalue weighted by molar-refractivity contribution is -0.139. The van der Waals surface area contributed by atoms with Crippen LogP contribution in [-0.2, 0) is 4.79 Å². The Bertz CT molecular complexity index is 716. The summed E-state index contributed by atoms with van der Waals surface area (Å²) >= 11 is 0. The average Bonchev–Trinajstić information content (AvgIpc) is 2.58. The van der Waals surface area contributed by atoms with Crippen LogP contribution in [0.2, 0.25) is 0 Å². The van der Waals surface area contributed by atoms with Crippen LogP contribution in [0.1, 0.15) is 15.9 Å². The van der Waals surface area contributed by atoms with Crippen molar-refractivity contribution in [3.63, 3.8) is 0 Å². The predicted molar refractivity (Wildman–Crippen MR) is 85.9 cm³/mol. The minimum absolute atomic E-state index is 0.155. The normalized spacial score (nSPS) is 10.5. The third-order valence-corrected chi connectivity index (χ3v) is 3.02. The van der Waals surface area contributed by atoms with E-state index >= 15 is 0 Å². The molecule has 0 aliphatic rings. The van der Waals surface area contributed by atoms with Gasteiger partial charge in [-0.2, -0.15) is 0 Å². The smallest absolute Gasteiger partial charge is 0.341 e. The van der Waals surface area contributed by atoms with Gasteiger partial charge in [0.2, 0.25) is 0 Å². The predicted octanol–water partition coefficient (Wildman–Crippen LogP) is 3.05. The maximum atomic E-state index is 12.1. The van der Waals surface area contributed by atoms with Crippen molar-refractivity contribution in [3.05, 3.63) is 65.7 Å². The third kappa shape index (κ3) is 5.00. The summed E-state index contributed by atoms with van der Waals surface area (Å²) in [5.74, 6) is -0.0794. The lowest BCUT2D eigenvalue weighted by Gasteiger charge is -2.03. The monoisotopic (exact) mass is 312 g/mol. The molecule has 0 fully saturated rings. The van der Waals surface area contributed by atoms with Gasteiger partial charge in [0.1, 0.15) is 11.5 Å². The molecular formula is C18H16O5. The summed E-state index contributed by atoms with van der Waals surface area (Å²) in [6, 6.07) is 13.7. The van der Waals surface area contributed by atoms with Crippen molar-refractivity contribution in [1.82, 2.24) is 0 Å². The van der Waals surface area contributed by atoms with Crippen molar-refractivity contribution in [3.8, 4) is 11.5 Å². The summed E-state index contributed by atoms with van der Waals surface area (Å²) in [4.78, 5) is 22.5. The fourth-order valence-corrected chi connectivity index (χ4v) is 1.87. The van der Waals surface area contributed by atoms with Gasteiger partial charge in [0.15, 0.2) is 12.4 Å². The van der Waals surface area contributed by atoms with E-state index in [1.54, 1.807) is 37.5 Å². The van der Waals surface area contributed by atoms with Gasteiger partial charge in [-0.3, -0.25) is 4.79 Å². The highest BCUT2D eigenvalue weighted by Crippen LogP contribution is 2.15. The SMILES string of the molecule is COc1cccc(/C=C/C(=O)c2ccc(OCC(=O)O)cc2)c1. The standard InChI is InChI=1S/C18H16O5/c1-22-16-4-2-3-13(11-16)5-10-17(19)14-6-8-15(9-7-14)23-12-18(20)21/h2-11H,12H2,1H3,(H,20,21)/b10-5+. The summed E-state index contributed by atoms with van der Waals surface area (Å²) < 4.78 is 10.1. The lowest BCUT2D eigenvalue weighted by Crippen LogP contribution is -2.09. The number of carboxylic acid groups (broad SMARTS) is 1. The van der Waals surface area contributed by atoms with E-state index in [0.717, 1.165) is 11.3 Å². The first-order chi connectivity index (χ1) is 11.1. The number of ether oxygens (including phenoxy) is 2. The highest BCUT2D eigenvalue weighted by Gasteiger charge is 2.04. The van der Waals surface area contributed by atoms with Crippen LogP contribution in [0.5, 0.6) is 11.5 Å². The number of benzene rings is 2. The maximum absolute atomic E-state index is 12.1. The van der Waals surface area contributed by atoms with Crippen LogP contribution in [-0.4, -0.2) is 30.6 Å².